The van der Waals surface area contributed by atoms with Crippen LogP contribution in [0.2, 0.25) is 0 Å². The van der Waals surface area contributed by atoms with Gasteiger partial charge in [0, 0.05) is 18.8 Å². The van der Waals surface area contributed by atoms with Gasteiger partial charge >= 0.3 is 0 Å². The zero-order chi connectivity index (χ0) is 14.1. The van der Waals surface area contributed by atoms with Crippen LogP contribution >= 0.6 is 0 Å². The van der Waals surface area contributed by atoms with E-state index in [0.717, 1.165) is 13.0 Å². The Kier molecular flexibility index (Phi) is 7.57. The number of anilines is 1. The topological polar surface area (TPSA) is 29.3 Å². The third-order valence-electron chi connectivity index (χ3n) is 3.60. The summed E-state index contributed by atoms with van der Waals surface area (Å²) in [5.41, 5.74) is 9.78. The molecule has 1 rings (SSSR count). The quantitative estimate of drug-likeness (QED) is 0.731. The van der Waals surface area contributed by atoms with Crippen LogP contribution in [0.5, 0.6) is 0 Å². The van der Waals surface area contributed by atoms with Crippen molar-refractivity contribution >= 4 is 5.69 Å². The van der Waals surface area contributed by atoms with Crippen molar-refractivity contribution in [1.82, 2.24) is 0 Å². The summed E-state index contributed by atoms with van der Waals surface area (Å²) in [5.74, 6) is 0. The number of rotatable bonds is 9. The van der Waals surface area contributed by atoms with E-state index in [0.29, 0.717) is 0 Å². The summed E-state index contributed by atoms with van der Waals surface area (Å²) < 4.78 is 0. The van der Waals surface area contributed by atoms with Crippen molar-refractivity contribution in [2.45, 2.75) is 52.9 Å². The maximum Gasteiger partial charge on any atom is 0.0396 e. The Morgan fingerprint density at radius 1 is 1.05 bits per heavy atom. The standard InChI is InChI=1S/C17H30N2/c1-4-6-12-19(13-7-5-2)17-9-8-16(10-11-18)14-15(17)3/h8-9,14H,4-7,10-13,18H2,1-3H3. The number of nitrogens with two attached hydrogens (primary N) is 1. The molecule has 1 aromatic carbocycles. The second-order valence-electron chi connectivity index (χ2n) is 5.35. The smallest absolute Gasteiger partial charge is 0.0396 e. The van der Waals surface area contributed by atoms with Gasteiger partial charge < -0.3 is 10.6 Å². The first-order valence-corrected chi connectivity index (χ1v) is 7.77. The van der Waals surface area contributed by atoms with E-state index in [1.165, 1.54) is 55.6 Å². The highest BCUT2D eigenvalue weighted by Crippen LogP contribution is 2.22. The van der Waals surface area contributed by atoms with Crippen molar-refractivity contribution in [2.24, 2.45) is 5.73 Å². The number of nitrogens with zero attached hydrogens (tertiary/aromatic N) is 1. The predicted molar refractivity (Wildman–Crippen MR) is 86.0 cm³/mol. The summed E-state index contributed by atoms with van der Waals surface area (Å²) in [6.45, 7) is 9.82. The molecule has 1 aromatic rings. The summed E-state index contributed by atoms with van der Waals surface area (Å²) in [7, 11) is 0. The van der Waals surface area contributed by atoms with E-state index in [9.17, 15) is 0 Å². The van der Waals surface area contributed by atoms with Crippen molar-refractivity contribution in [3.05, 3.63) is 29.3 Å². The lowest BCUT2D eigenvalue weighted by atomic mass is 10.1. The third kappa shape index (κ3) is 5.23. The van der Waals surface area contributed by atoms with Crippen molar-refractivity contribution in [3.8, 4) is 0 Å². The van der Waals surface area contributed by atoms with Gasteiger partial charge in [-0.1, -0.05) is 38.8 Å². The van der Waals surface area contributed by atoms with E-state index in [2.05, 4.69) is 43.9 Å². The second-order valence-corrected chi connectivity index (χ2v) is 5.35. The normalized spacial score (nSPS) is 10.7. The molecule has 0 aliphatic carbocycles. The Balaban J connectivity index is 2.81. The van der Waals surface area contributed by atoms with Crippen molar-refractivity contribution in [3.63, 3.8) is 0 Å². The van der Waals surface area contributed by atoms with Crippen molar-refractivity contribution < 1.29 is 0 Å². The molecule has 0 saturated carbocycles. The van der Waals surface area contributed by atoms with E-state index < -0.39 is 0 Å². The van der Waals surface area contributed by atoms with Crippen LogP contribution in [0.25, 0.3) is 0 Å². The van der Waals surface area contributed by atoms with E-state index in [-0.39, 0.29) is 0 Å². The van der Waals surface area contributed by atoms with Crippen molar-refractivity contribution in [1.29, 1.82) is 0 Å². The van der Waals surface area contributed by atoms with E-state index in [1.807, 2.05) is 0 Å². The monoisotopic (exact) mass is 262 g/mol. The lowest BCUT2D eigenvalue weighted by molar-refractivity contribution is 0.676. The van der Waals surface area contributed by atoms with E-state index in [1.54, 1.807) is 0 Å². The Labute approximate surface area is 119 Å². The van der Waals surface area contributed by atoms with Crippen LogP contribution in [0.3, 0.4) is 0 Å². The average Bonchev–Trinajstić information content (AvgIpc) is 2.40. The minimum absolute atomic E-state index is 0.730. The molecule has 2 N–H and O–H groups in total. The predicted octanol–water partition coefficient (Wildman–Crippen LogP) is 3.90. The molecule has 0 amide bonds. The molecule has 0 fully saturated rings. The molecule has 108 valence electrons. The highest BCUT2D eigenvalue weighted by atomic mass is 15.1. The largest absolute Gasteiger partial charge is 0.371 e. The highest BCUT2D eigenvalue weighted by molar-refractivity contribution is 5.54. The number of unbranched alkanes of at least 4 members (excludes halogenated alkanes) is 2. The highest BCUT2D eigenvalue weighted by Gasteiger charge is 2.08. The summed E-state index contributed by atoms with van der Waals surface area (Å²) in [6, 6.07) is 6.82. The first kappa shape index (κ1) is 16.0. The fourth-order valence-electron chi connectivity index (χ4n) is 2.45. The van der Waals surface area contributed by atoms with E-state index in [4.69, 9.17) is 5.73 Å². The number of benzene rings is 1. The Morgan fingerprint density at radius 3 is 2.16 bits per heavy atom. The van der Waals surface area contributed by atoms with Crippen LogP contribution in [0, 0.1) is 6.92 Å². The average molecular weight is 262 g/mol. The summed E-state index contributed by atoms with van der Waals surface area (Å²) in [4.78, 5) is 2.55. The maximum absolute atomic E-state index is 5.63. The molecule has 0 aromatic heterocycles. The van der Waals surface area contributed by atoms with Gasteiger partial charge in [0.05, 0.1) is 0 Å². The number of aryl methyl sites for hydroxylation is 1. The van der Waals surface area contributed by atoms with Crippen LogP contribution in [0.15, 0.2) is 18.2 Å². The van der Waals surface area contributed by atoms with Crippen LogP contribution < -0.4 is 10.6 Å². The molecule has 0 unspecified atom stereocenters. The van der Waals surface area contributed by atoms with Gasteiger partial charge in [-0.3, -0.25) is 0 Å². The Hall–Kier alpha value is -1.02. The minimum Gasteiger partial charge on any atom is -0.371 e. The van der Waals surface area contributed by atoms with Crippen LogP contribution in [0.4, 0.5) is 5.69 Å². The Morgan fingerprint density at radius 2 is 1.68 bits per heavy atom. The SMILES string of the molecule is CCCCN(CCCC)c1ccc(CCN)cc1C. The van der Waals surface area contributed by atoms with Crippen LogP contribution in [0.1, 0.15) is 50.7 Å². The molecule has 0 aliphatic rings. The van der Waals surface area contributed by atoms with Crippen molar-refractivity contribution in [2.75, 3.05) is 24.5 Å². The minimum atomic E-state index is 0.730. The number of hydrogen-bond donors (Lipinski definition) is 1. The molecular weight excluding hydrogens is 232 g/mol. The van der Waals surface area contributed by atoms with Gasteiger partial charge in [0.25, 0.3) is 0 Å². The van der Waals surface area contributed by atoms with Gasteiger partial charge in [0.1, 0.15) is 0 Å². The summed E-state index contributed by atoms with van der Waals surface area (Å²) >= 11 is 0. The summed E-state index contributed by atoms with van der Waals surface area (Å²) in [6.07, 6.45) is 6.03. The molecule has 2 nitrogen and oxygen atoms in total. The molecule has 0 spiro atoms. The summed E-state index contributed by atoms with van der Waals surface area (Å²) in [5, 5.41) is 0. The van der Waals surface area contributed by atoms with E-state index >= 15 is 0 Å². The van der Waals surface area contributed by atoms with Crippen LogP contribution in [-0.2, 0) is 6.42 Å². The molecule has 0 bridgehead atoms. The first-order valence-electron chi connectivity index (χ1n) is 7.77. The molecule has 0 heterocycles. The zero-order valence-electron chi connectivity index (χ0n) is 12.9. The maximum atomic E-state index is 5.63. The van der Waals surface area contributed by atoms with Gasteiger partial charge in [-0.05, 0) is 49.9 Å². The molecule has 0 aliphatic heterocycles. The fraction of sp³-hybridized carbons (Fsp3) is 0.647. The Bertz CT molecular complexity index is 352. The lowest BCUT2D eigenvalue weighted by Crippen LogP contribution is -2.26. The van der Waals surface area contributed by atoms with Gasteiger partial charge in [-0.15, -0.1) is 0 Å². The van der Waals surface area contributed by atoms with Gasteiger partial charge in [-0.25, -0.2) is 0 Å². The number of hydrogen-bond acceptors (Lipinski definition) is 2. The fourth-order valence-corrected chi connectivity index (χ4v) is 2.45. The molecule has 0 atom stereocenters. The molecular formula is C17H30N2. The molecule has 2 heteroatoms. The third-order valence-corrected chi connectivity index (χ3v) is 3.60. The van der Waals surface area contributed by atoms with Crippen LogP contribution in [-0.4, -0.2) is 19.6 Å². The molecule has 0 saturated heterocycles. The lowest BCUT2D eigenvalue weighted by Gasteiger charge is -2.26. The first-order chi connectivity index (χ1) is 9.22. The van der Waals surface area contributed by atoms with Gasteiger partial charge in [0.2, 0.25) is 0 Å². The second kappa shape index (κ2) is 8.98. The van der Waals surface area contributed by atoms with Gasteiger partial charge in [-0.2, -0.15) is 0 Å². The molecule has 0 radical (unpaired) electrons. The van der Waals surface area contributed by atoms with Gasteiger partial charge in [0.15, 0.2) is 0 Å². The zero-order valence-corrected chi connectivity index (χ0v) is 12.9. The molecule has 19 heavy (non-hydrogen) atoms.